The van der Waals surface area contributed by atoms with Gasteiger partial charge in [-0.15, -0.1) is 0 Å². The number of carbonyl (C=O) groups is 4. The lowest BCUT2D eigenvalue weighted by molar-refractivity contribution is -0.239. The summed E-state index contributed by atoms with van der Waals surface area (Å²) in [6, 6.07) is 0. The molecular weight excluding hydrogens is 454 g/mol. The molecule has 0 aliphatic carbocycles. The quantitative estimate of drug-likeness (QED) is 0.336. The molecule has 1 aliphatic heterocycles. The molecule has 0 radical (unpaired) electrons. The van der Waals surface area contributed by atoms with E-state index in [4.69, 9.17) is 70.1 Å². The fourth-order valence-electron chi connectivity index (χ4n) is 2.17. The first-order valence-corrected chi connectivity index (χ1v) is 8.95. The Hall–Kier alpha value is -1.00. The smallest absolute Gasteiger partial charge is 0.359 e. The third-order valence-corrected chi connectivity index (χ3v) is 3.92. The van der Waals surface area contributed by atoms with Crippen molar-refractivity contribution in [2.75, 3.05) is 6.61 Å². The van der Waals surface area contributed by atoms with Crippen LogP contribution in [0.4, 0.5) is 0 Å². The highest BCUT2D eigenvalue weighted by Gasteiger charge is 2.53. The van der Waals surface area contributed by atoms with Gasteiger partial charge in [0.15, 0.2) is 23.9 Å². The predicted molar refractivity (Wildman–Crippen MR) is 92.4 cm³/mol. The SMILES string of the molecule is CC(=O)OC[C@H]1O[C@@H](Cl)[C@@H](OC(=O)C(Cl)(Cl)Cl)[C@@H](OC(C)=O)[C@@H]1OC(C)=O. The van der Waals surface area contributed by atoms with Crippen LogP contribution in [0.2, 0.25) is 0 Å². The molecule has 0 aromatic heterocycles. The highest BCUT2D eigenvalue weighted by Crippen LogP contribution is 2.34. The number of halogens is 4. The van der Waals surface area contributed by atoms with E-state index in [0.29, 0.717) is 0 Å². The maximum atomic E-state index is 11.9. The van der Waals surface area contributed by atoms with Crippen LogP contribution < -0.4 is 0 Å². The van der Waals surface area contributed by atoms with Gasteiger partial charge in [-0.1, -0.05) is 46.4 Å². The third kappa shape index (κ3) is 7.50. The van der Waals surface area contributed by atoms with E-state index in [1.807, 2.05) is 0 Å². The van der Waals surface area contributed by atoms with E-state index in [9.17, 15) is 19.2 Å². The third-order valence-electron chi connectivity index (χ3n) is 3.11. The van der Waals surface area contributed by atoms with Gasteiger partial charge in [0.25, 0.3) is 3.79 Å². The molecule has 1 saturated heterocycles. The molecule has 0 bridgehead atoms. The van der Waals surface area contributed by atoms with Crippen LogP contribution in [0.3, 0.4) is 0 Å². The molecule has 1 fully saturated rings. The van der Waals surface area contributed by atoms with Crippen molar-refractivity contribution in [1.29, 1.82) is 0 Å². The molecular formula is C14H16Cl4O9. The zero-order chi connectivity index (χ0) is 20.9. The number of carbonyl (C=O) groups excluding carboxylic acids is 4. The highest BCUT2D eigenvalue weighted by atomic mass is 35.6. The summed E-state index contributed by atoms with van der Waals surface area (Å²) in [5, 5.41) is 0. The lowest BCUT2D eigenvalue weighted by Gasteiger charge is -2.42. The standard InChI is InChI=1S/C14H16Cl4O9/c1-5(19)23-4-8-9(24-6(2)20)10(25-7(3)21)11(12(15)26-8)27-13(22)14(16,17)18/h8-12H,4H2,1-3H3/t8-,9-,10+,11+,12-/m1/s1. The van der Waals surface area contributed by atoms with Crippen molar-refractivity contribution in [2.24, 2.45) is 0 Å². The van der Waals surface area contributed by atoms with Crippen molar-refractivity contribution in [1.82, 2.24) is 0 Å². The molecule has 0 unspecified atom stereocenters. The zero-order valence-electron chi connectivity index (χ0n) is 14.3. The number of rotatable bonds is 5. The maximum Gasteiger partial charge on any atom is 0.359 e. The molecule has 0 amide bonds. The molecule has 1 aliphatic rings. The molecule has 0 aromatic rings. The van der Waals surface area contributed by atoms with Crippen LogP contribution >= 0.6 is 46.4 Å². The molecule has 1 rings (SSSR count). The fourth-order valence-corrected chi connectivity index (χ4v) is 2.63. The van der Waals surface area contributed by atoms with Gasteiger partial charge in [0.05, 0.1) is 0 Å². The second-order valence-electron chi connectivity index (χ2n) is 5.34. The Morgan fingerprint density at radius 1 is 0.852 bits per heavy atom. The number of esters is 4. The molecule has 0 saturated carbocycles. The van der Waals surface area contributed by atoms with E-state index in [1.54, 1.807) is 0 Å². The molecule has 13 heteroatoms. The van der Waals surface area contributed by atoms with E-state index >= 15 is 0 Å². The molecule has 5 atom stereocenters. The van der Waals surface area contributed by atoms with Crippen LogP contribution in [0.5, 0.6) is 0 Å². The largest absolute Gasteiger partial charge is 0.463 e. The van der Waals surface area contributed by atoms with Crippen molar-refractivity contribution in [3.8, 4) is 0 Å². The van der Waals surface area contributed by atoms with Crippen LogP contribution in [0.1, 0.15) is 20.8 Å². The first kappa shape index (κ1) is 24.0. The Labute approximate surface area is 174 Å². The molecule has 1 heterocycles. The van der Waals surface area contributed by atoms with E-state index < -0.39 is 57.6 Å². The first-order valence-electron chi connectivity index (χ1n) is 7.38. The molecule has 0 N–H and O–H groups in total. The minimum Gasteiger partial charge on any atom is -0.463 e. The summed E-state index contributed by atoms with van der Waals surface area (Å²) in [6.45, 7) is 2.93. The summed E-state index contributed by atoms with van der Waals surface area (Å²) >= 11 is 22.4. The van der Waals surface area contributed by atoms with Gasteiger partial charge in [0, 0.05) is 20.8 Å². The van der Waals surface area contributed by atoms with Gasteiger partial charge in [0.2, 0.25) is 0 Å². The van der Waals surface area contributed by atoms with Crippen LogP contribution in [0.15, 0.2) is 0 Å². The van der Waals surface area contributed by atoms with Crippen LogP contribution in [-0.4, -0.2) is 64.3 Å². The fraction of sp³-hybridized carbons (Fsp3) is 0.714. The first-order chi connectivity index (χ1) is 12.3. The summed E-state index contributed by atoms with van der Waals surface area (Å²) in [7, 11) is 0. The van der Waals surface area contributed by atoms with Crippen LogP contribution in [0, 0.1) is 0 Å². The second kappa shape index (κ2) is 9.97. The van der Waals surface area contributed by atoms with Gasteiger partial charge in [-0.3, -0.25) is 14.4 Å². The van der Waals surface area contributed by atoms with Crippen molar-refractivity contribution >= 4 is 70.3 Å². The normalized spacial score (nSPS) is 28.0. The Balaban J connectivity index is 3.18. The number of hydrogen-bond acceptors (Lipinski definition) is 9. The summed E-state index contributed by atoms with van der Waals surface area (Å²) in [5.74, 6) is -3.53. The minimum absolute atomic E-state index is 0.376. The van der Waals surface area contributed by atoms with Gasteiger partial charge in [-0.05, 0) is 0 Å². The van der Waals surface area contributed by atoms with Gasteiger partial charge < -0.3 is 23.7 Å². The second-order valence-corrected chi connectivity index (χ2v) is 8.06. The average molecular weight is 470 g/mol. The summed E-state index contributed by atoms with van der Waals surface area (Å²) in [4.78, 5) is 45.9. The van der Waals surface area contributed by atoms with Crippen molar-refractivity contribution in [3.05, 3.63) is 0 Å². The van der Waals surface area contributed by atoms with E-state index in [-0.39, 0.29) is 6.61 Å². The Bertz CT molecular complexity index is 592. The lowest BCUT2D eigenvalue weighted by atomic mass is 9.99. The summed E-state index contributed by atoms with van der Waals surface area (Å²) in [5.41, 5.74) is -1.40. The molecule has 0 spiro atoms. The topological polar surface area (TPSA) is 114 Å². The summed E-state index contributed by atoms with van der Waals surface area (Å²) in [6.07, 6.45) is -5.35. The minimum atomic E-state index is -2.44. The Kier molecular flexibility index (Phi) is 8.88. The number of alkyl halides is 4. The lowest BCUT2D eigenvalue weighted by Crippen LogP contribution is -2.61. The van der Waals surface area contributed by atoms with Gasteiger partial charge in [0.1, 0.15) is 12.7 Å². The number of ether oxygens (including phenoxy) is 5. The van der Waals surface area contributed by atoms with E-state index in [0.717, 1.165) is 20.8 Å². The van der Waals surface area contributed by atoms with Crippen molar-refractivity contribution in [3.63, 3.8) is 0 Å². The molecule has 27 heavy (non-hydrogen) atoms. The summed E-state index contributed by atoms with van der Waals surface area (Å²) < 4.78 is 23.0. The molecule has 154 valence electrons. The number of hydrogen-bond donors (Lipinski definition) is 0. The highest BCUT2D eigenvalue weighted by molar-refractivity contribution is 6.75. The molecule has 0 aromatic carbocycles. The van der Waals surface area contributed by atoms with Crippen molar-refractivity contribution < 1.29 is 42.9 Å². The van der Waals surface area contributed by atoms with Crippen LogP contribution in [-0.2, 0) is 42.9 Å². The zero-order valence-corrected chi connectivity index (χ0v) is 17.3. The average Bonchev–Trinajstić information content (AvgIpc) is 2.49. The van der Waals surface area contributed by atoms with Gasteiger partial charge >= 0.3 is 23.9 Å². The van der Waals surface area contributed by atoms with E-state index in [1.165, 1.54) is 0 Å². The van der Waals surface area contributed by atoms with Gasteiger partial charge in [-0.2, -0.15) is 0 Å². The van der Waals surface area contributed by atoms with Gasteiger partial charge in [-0.25, -0.2) is 4.79 Å². The Morgan fingerprint density at radius 2 is 1.37 bits per heavy atom. The predicted octanol–water partition coefficient (Wildman–Crippen LogP) is 1.66. The van der Waals surface area contributed by atoms with Crippen molar-refractivity contribution in [2.45, 2.75) is 54.5 Å². The van der Waals surface area contributed by atoms with E-state index in [2.05, 4.69) is 0 Å². The maximum absolute atomic E-state index is 11.9. The van der Waals surface area contributed by atoms with Crippen LogP contribution in [0.25, 0.3) is 0 Å². The monoisotopic (exact) mass is 468 g/mol. The Morgan fingerprint density at radius 3 is 1.81 bits per heavy atom. The molecule has 9 nitrogen and oxygen atoms in total.